The van der Waals surface area contributed by atoms with Crippen molar-refractivity contribution in [2.75, 3.05) is 27.6 Å². The maximum Gasteiger partial charge on any atom is 0.511 e. The molecule has 0 unspecified atom stereocenters. The molecule has 0 aliphatic heterocycles. The highest BCUT2D eigenvalue weighted by Crippen LogP contribution is 2.29. The van der Waals surface area contributed by atoms with Crippen molar-refractivity contribution < 1.29 is 28.5 Å². The SMILES string of the molecule is CCn1nc(C)cc1/C(OCOC(=O)OCC(=O)OC)=C(\C=N/C)c1ccc(C(C)(C)C)cc1. The molecule has 0 bridgehead atoms. The molecule has 2 aromatic rings. The lowest BCUT2D eigenvalue weighted by Crippen LogP contribution is -2.17. The number of methoxy groups -OCH3 is 1. The standard InChI is InChI=1S/C25H33N3O6/c1-8-28-21(13-17(2)27-28)23(33-16-34-24(30)32-15-22(29)31-7)20(14-26-6)18-9-11-19(12-10-18)25(3,4)5/h9-14H,8,15-16H2,1-7H3/b23-20-,26-14-. The predicted octanol–water partition coefficient (Wildman–Crippen LogP) is 4.38. The Morgan fingerprint density at radius 1 is 1.12 bits per heavy atom. The molecular weight excluding hydrogens is 438 g/mol. The van der Waals surface area contributed by atoms with Crippen LogP contribution in [-0.4, -0.2) is 55.7 Å². The van der Waals surface area contributed by atoms with Gasteiger partial charge in [0.25, 0.3) is 0 Å². The van der Waals surface area contributed by atoms with Crippen LogP contribution in [-0.2, 0) is 35.7 Å². The number of aromatic nitrogens is 2. The summed E-state index contributed by atoms with van der Waals surface area (Å²) < 4.78 is 21.9. The highest BCUT2D eigenvalue weighted by molar-refractivity contribution is 6.18. The van der Waals surface area contributed by atoms with E-state index >= 15 is 0 Å². The van der Waals surface area contributed by atoms with E-state index < -0.39 is 25.5 Å². The van der Waals surface area contributed by atoms with Gasteiger partial charge >= 0.3 is 12.1 Å². The Morgan fingerprint density at radius 2 is 1.79 bits per heavy atom. The molecule has 0 N–H and O–H groups in total. The topological polar surface area (TPSA) is 101 Å². The first-order valence-corrected chi connectivity index (χ1v) is 10.9. The number of carbonyl (C=O) groups is 2. The largest absolute Gasteiger partial charge is 0.511 e. The molecule has 9 nitrogen and oxygen atoms in total. The molecule has 0 saturated carbocycles. The minimum absolute atomic E-state index is 0.0108. The molecule has 0 spiro atoms. The van der Waals surface area contributed by atoms with Crippen molar-refractivity contribution in [1.82, 2.24) is 9.78 Å². The number of aryl methyl sites for hydroxylation is 2. The van der Waals surface area contributed by atoms with E-state index in [2.05, 4.69) is 47.7 Å². The van der Waals surface area contributed by atoms with Crippen LogP contribution in [0.3, 0.4) is 0 Å². The third kappa shape index (κ3) is 7.19. The number of nitrogens with zero attached hydrogens (tertiary/aromatic N) is 3. The Balaban J connectivity index is 2.43. The third-order valence-electron chi connectivity index (χ3n) is 4.91. The number of rotatable bonds is 9. The van der Waals surface area contributed by atoms with E-state index in [1.54, 1.807) is 17.9 Å². The second-order valence-corrected chi connectivity index (χ2v) is 8.47. The summed E-state index contributed by atoms with van der Waals surface area (Å²) in [7, 11) is 2.87. The Labute approximate surface area is 200 Å². The number of hydrogen-bond donors (Lipinski definition) is 0. The van der Waals surface area contributed by atoms with Crippen molar-refractivity contribution in [3.05, 3.63) is 52.8 Å². The zero-order valence-electron chi connectivity index (χ0n) is 20.9. The number of allylic oxidation sites excluding steroid dienone is 1. The van der Waals surface area contributed by atoms with Crippen LogP contribution in [0.4, 0.5) is 4.79 Å². The zero-order valence-corrected chi connectivity index (χ0v) is 20.9. The molecule has 1 heterocycles. The molecule has 9 heteroatoms. The minimum Gasteiger partial charge on any atom is -0.466 e. The van der Waals surface area contributed by atoms with Gasteiger partial charge < -0.3 is 18.9 Å². The molecule has 34 heavy (non-hydrogen) atoms. The lowest BCUT2D eigenvalue weighted by Gasteiger charge is -2.20. The summed E-state index contributed by atoms with van der Waals surface area (Å²) in [6.45, 7) is 9.94. The summed E-state index contributed by atoms with van der Waals surface area (Å²) in [5.41, 5.74) is 4.30. The van der Waals surface area contributed by atoms with Gasteiger partial charge in [0.15, 0.2) is 12.4 Å². The Hall–Kier alpha value is -3.62. The van der Waals surface area contributed by atoms with E-state index in [-0.39, 0.29) is 5.41 Å². The number of aliphatic imine (C=N–C) groups is 1. The summed E-state index contributed by atoms with van der Waals surface area (Å²) in [4.78, 5) is 27.2. The van der Waals surface area contributed by atoms with E-state index in [1.807, 2.05) is 32.0 Å². The normalized spacial score (nSPS) is 12.3. The first kappa shape index (κ1) is 26.6. The average molecular weight is 472 g/mol. The van der Waals surface area contributed by atoms with Crippen molar-refractivity contribution in [2.24, 2.45) is 4.99 Å². The molecule has 0 amide bonds. The molecule has 0 saturated heterocycles. The highest BCUT2D eigenvalue weighted by Gasteiger charge is 2.20. The van der Waals surface area contributed by atoms with Crippen LogP contribution in [0, 0.1) is 6.92 Å². The third-order valence-corrected chi connectivity index (χ3v) is 4.91. The summed E-state index contributed by atoms with van der Waals surface area (Å²) in [5, 5.41) is 4.51. The quantitative estimate of drug-likeness (QED) is 0.231. The van der Waals surface area contributed by atoms with Crippen LogP contribution >= 0.6 is 0 Å². The second-order valence-electron chi connectivity index (χ2n) is 8.47. The van der Waals surface area contributed by atoms with E-state index in [0.29, 0.717) is 23.6 Å². The molecule has 0 aliphatic rings. The van der Waals surface area contributed by atoms with Crippen LogP contribution in [0.25, 0.3) is 11.3 Å². The van der Waals surface area contributed by atoms with Gasteiger partial charge in [-0.25, -0.2) is 9.59 Å². The van der Waals surface area contributed by atoms with Gasteiger partial charge in [-0.15, -0.1) is 0 Å². The van der Waals surface area contributed by atoms with E-state index in [4.69, 9.17) is 14.2 Å². The van der Waals surface area contributed by atoms with Crippen LogP contribution in [0.2, 0.25) is 0 Å². The van der Waals surface area contributed by atoms with Crippen LogP contribution < -0.4 is 0 Å². The Kier molecular flexibility index (Phi) is 9.41. The van der Waals surface area contributed by atoms with Gasteiger partial charge in [-0.1, -0.05) is 45.0 Å². The van der Waals surface area contributed by atoms with Crippen LogP contribution in [0.5, 0.6) is 0 Å². The van der Waals surface area contributed by atoms with Crippen molar-refractivity contribution in [3.63, 3.8) is 0 Å². The molecule has 0 radical (unpaired) electrons. The first-order valence-electron chi connectivity index (χ1n) is 10.9. The zero-order chi connectivity index (χ0) is 25.3. The molecule has 0 fully saturated rings. The lowest BCUT2D eigenvalue weighted by atomic mass is 9.86. The van der Waals surface area contributed by atoms with Gasteiger partial charge in [-0.3, -0.25) is 9.67 Å². The number of esters is 1. The Morgan fingerprint density at radius 3 is 2.35 bits per heavy atom. The summed E-state index contributed by atoms with van der Waals surface area (Å²) in [5.74, 6) is -0.252. The fraction of sp³-hybridized carbons (Fsp3) is 0.440. The second kappa shape index (κ2) is 12.0. The van der Waals surface area contributed by atoms with Gasteiger partial charge in [0.05, 0.1) is 12.8 Å². The van der Waals surface area contributed by atoms with Gasteiger partial charge in [0.1, 0.15) is 5.69 Å². The van der Waals surface area contributed by atoms with Gasteiger partial charge in [0, 0.05) is 25.4 Å². The van der Waals surface area contributed by atoms with Crippen molar-refractivity contribution in [2.45, 2.75) is 46.6 Å². The number of carbonyl (C=O) groups excluding carboxylic acids is 2. The molecular formula is C25H33N3O6. The number of hydrogen-bond acceptors (Lipinski definition) is 8. The fourth-order valence-electron chi connectivity index (χ4n) is 3.16. The molecule has 1 aromatic heterocycles. The molecule has 0 atom stereocenters. The van der Waals surface area contributed by atoms with Crippen molar-refractivity contribution in [3.8, 4) is 0 Å². The van der Waals surface area contributed by atoms with Crippen LogP contribution in [0.15, 0.2) is 35.3 Å². The molecule has 2 rings (SSSR count). The van der Waals surface area contributed by atoms with Crippen molar-refractivity contribution >= 4 is 29.7 Å². The Bertz CT molecular complexity index is 1050. The maximum absolute atomic E-state index is 11.8. The average Bonchev–Trinajstić information content (AvgIpc) is 3.19. The van der Waals surface area contributed by atoms with E-state index in [1.165, 1.54) is 12.7 Å². The smallest absolute Gasteiger partial charge is 0.466 e. The monoisotopic (exact) mass is 471 g/mol. The van der Waals surface area contributed by atoms with Crippen LogP contribution in [0.1, 0.15) is 50.2 Å². The highest BCUT2D eigenvalue weighted by atomic mass is 16.8. The molecule has 0 aliphatic carbocycles. The summed E-state index contributed by atoms with van der Waals surface area (Å²) in [6.07, 6.45) is 0.643. The predicted molar refractivity (Wildman–Crippen MR) is 129 cm³/mol. The molecule has 184 valence electrons. The van der Waals surface area contributed by atoms with E-state index in [0.717, 1.165) is 11.3 Å². The van der Waals surface area contributed by atoms with Gasteiger partial charge in [0.2, 0.25) is 6.79 Å². The number of benzene rings is 1. The summed E-state index contributed by atoms with van der Waals surface area (Å²) >= 11 is 0. The van der Waals surface area contributed by atoms with Crippen molar-refractivity contribution in [1.29, 1.82) is 0 Å². The number of ether oxygens (including phenoxy) is 4. The van der Waals surface area contributed by atoms with Gasteiger partial charge in [-0.05, 0) is 36.5 Å². The first-order chi connectivity index (χ1) is 16.1. The summed E-state index contributed by atoms with van der Waals surface area (Å²) in [6, 6.07) is 10.0. The van der Waals surface area contributed by atoms with E-state index in [9.17, 15) is 9.59 Å². The lowest BCUT2D eigenvalue weighted by molar-refractivity contribution is -0.145. The molecule has 1 aromatic carbocycles. The fourth-order valence-corrected chi connectivity index (χ4v) is 3.16. The maximum atomic E-state index is 11.8. The van der Waals surface area contributed by atoms with Gasteiger partial charge in [-0.2, -0.15) is 5.10 Å². The minimum atomic E-state index is -1.05.